The van der Waals surface area contributed by atoms with Gasteiger partial charge in [0, 0.05) is 36.0 Å². The highest BCUT2D eigenvalue weighted by Crippen LogP contribution is 2.27. The number of non-ortho nitro benzene ring substituents is 1. The second-order valence-corrected chi connectivity index (χ2v) is 7.41. The second-order valence-electron chi connectivity index (χ2n) is 7.00. The van der Waals surface area contributed by atoms with Crippen LogP contribution in [0.25, 0.3) is 5.95 Å². The number of nitro benzene ring substituents is 1. The average molecular weight is 401 g/mol. The molecule has 0 aliphatic heterocycles. The summed E-state index contributed by atoms with van der Waals surface area (Å²) in [4.78, 5) is 31.3. The second kappa shape index (κ2) is 7.35. The minimum Gasteiger partial charge on any atom is -0.306 e. The molecule has 0 aliphatic rings. The minimum absolute atomic E-state index is 0.0234. The molecule has 1 N–H and O–H groups in total. The van der Waals surface area contributed by atoms with Gasteiger partial charge in [0.25, 0.3) is 17.5 Å². The molecular weight excluding hydrogens is 384 g/mol. The molecule has 9 nitrogen and oxygen atoms in total. The summed E-state index contributed by atoms with van der Waals surface area (Å²) >= 11 is 6.06. The number of carbonyl (C=O) groups is 1. The maximum Gasteiger partial charge on any atom is 0.270 e. The maximum atomic E-state index is 12.7. The molecule has 28 heavy (non-hydrogen) atoms. The van der Waals surface area contributed by atoms with Gasteiger partial charge in [0.1, 0.15) is 5.82 Å². The van der Waals surface area contributed by atoms with Gasteiger partial charge in [0.05, 0.1) is 21.2 Å². The Labute approximate surface area is 165 Å². The van der Waals surface area contributed by atoms with Crippen LogP contribution in [0.2, 0.25) is 5.02 Å². The summed E-state index contributed by atoms with van der Waals surface area (Å²) < 4.78 is 1.43. The van der Waals surface area contributed by atoms with Crippen LogP contribution in [0.5, 0.6) is 0 Å². The Morgan fingerprint density at radius 1 is 1.21 bits per heavy atom. The van der Waals surface area contributed by atoms with E-state index < -0.39 is 10.8 Å². The van der Waals surface area contributed by atoms with E-state index in [4.69, 9.17) is 11.6 Å². The van der Waals surface area contributed by atoms with Crippen LogP contribution in [0.15, 0.2) is 42.7 Å². The largest absolute Gasteiger partial charge is 0.306 e. The van der Waals surface area contributed by atoms with Crippen LogP contribution in [0.3, 0.4) is 0 Å². The lowest BCUT2D eigenvalue weighted by Crippen LogP contribution is -2.16. The highest BCUT2D eigenvalue weighted by atomic mass is 35.5. The molecule has 0 atom stereocenters. The number of amides is 1. The van der Waals surface area contributed by atoms with Crippen molar-refractivity contribution in [3.63, 3.8) is 0 Å². The number of nitro groups is 1. The fourth-order valence-corrected chi connectivity index (χ4v) is 2.64. The monoisotopic (exact) mass is 400 g/mol. The van der Waals surface area contributed by atoms with Crippen molar-refractivity contribution in [2.45, 2.75) is 26.2 Å². The van der Waals surface area contributed by atoms with Gasteiger partial charge in [-0.25, -0.2) is 9.97 Å². The number of aromatic nitrogens is 4. The summed E-state index contributed by atoms with van der Waals surface area (Å²) in [6.45, 7) is 5.97. The van der Waals surface area contributed by atoms with Crippen molar-refractivity contribution in [1.29, 1.82) is 0 Å². The Kier molecular flexibility index (Phi) is 5.10. The van der Waals surface area contributed by atoms with Crippen molar-refractivity contribution in [3.8, 4) is 5.95 Å². The van der Waals surface area contributed by atoms with E-state index in [1.54, 1.807) is 24.5 Å². The first-order valence-corrected chi connectivity index (χ1v) is 8.68. The number of hydrogen-bond acceptors (Lipinski definition) is 6. The van der Waals surface area contributed by atoms with Gasteiger partial charge >= 0.3 is 0 Å². The van der Waals surface area contributed by atoms with Crippen molar-refractivity contribution in [1.82, 2.24) is 19.7 Å². The zero-order chi connectivity index (χ0) is 20.5. The Balaban J connectivity index is 1.98. The predicted octanol–water partition coefficient (Wildman–Crippen LogP) is 3.77. The van der Waals surface area contributed by atoms with Gasteiger partial charge in [-0.2, -0.15) is 9.78 Å². The number of nitrogens with zero attached hydrogens (tertiary/aromatic N) is 5. The van der Waals surface area contributed by atoms with Crippen LogP contribution in [-0.2, 0) is 5.41 Å². The molecule has 0 saturated heterocycles. The maximum absolute atomic E-state index is 12.7. The molecule has 0 spiro atoms. The van der Waals surface area contributed by atoms with Crippen molar-refractivity contribution in [2.24, 2.45) is 0 Å². The van der Waals surface area contributed by atoms with E-state index in [0.29, 0.717) is 11.8 Å². The molecule has 0 unspecified atom stereocenters. The lowest BCUT2D eigenvalue weighted by molar-refractivity contribution is -0.384. The summed E-state index contributed by atoms with van der Waals surface area (Å²) in [7, 11) is 0. The quantitative estimate of drug-likeness (QED) is 0.526. The van der Waals surface area contributed by atoms with Gasteiger partial charge in [0.15, 0.2) is 0 Å². The molecule has 0 bridgehead atoms. The molecule has 10 heteroatoms. The number of rotatable bonds is 4. The SMILES string of the molecule is CC(C)(C)c1cc(NC(=O)c2ccc([N+](=O)[O-])cc2Cl)n(-c2ncccn2)n1. The molecule has 2 aromatic heterocycles. The van der Waals surface area contributed by atoms with E-state index >= 15 is 0 Å². The number of carbonyl (C=O) groups excluding carboxylic acids is 1. The molecule has 3 aromatic rings. The smallest absolute Gasteiger partial charge is 0.270 e. The summed E-state index contributed by atoms with van der Waals surface area (Å²) in [5.74, 6) is 0.121. The van der Waals surface area contributed by atoms with Crippen molar-refractivity contribution >= 4 is 29.0 Å². The van der Waals surface area contributed by atoms with E-state index in [2.05, 4.69) is 20.4 Å². The molecular formula is C18H17ClN6O3. The summed E-state index contributed by atoms with van der Waals surface area (Å²) in [5.41, 5.74) is 0.362. The van der Waals surface area contributed by atoms with E-state index in [0.717, 1.165) is 11.8 Å². The van der Waals surface area contributed by atoms with Gasteiger partial charge in [-0.1, -0.05) is 32.4 Å². The molecule has 1 amide bonds. The van der Waals surface area contributed by atoms with Gasteiger partial charge in [-0.15, -0.1) is 0 Å². The third-order valence-corrected chi connectivity index (χ3v) is 4.18. The van der Waals surface area contributed by atoms with E-state index in [1.165, 1.54) is 16.8 Å². The lowest BCUT2D eigenvalue weighted by atomic mass is 9.92. The number of halogens is 1. The molecule has 0 fully saturated rings. The molecule has 3 rings (SSSR count). The normalized spacial score (nSPS) is 11.3. The first-order chi connectivity index (χ1) is 13.2. The van der Waals surface area contributed by atoms with Crippen molar-refractivity contribution in [2.75, 3.05) is 5.32 Å². The van der Waals surface area contributed by atoms with Crippen LogP contribution in [0.1, 0.15) is 36.8 Å². The van der Waals surface area contributed by atoms with E-state index in [1.807, 2.05) is 20.8 Å². The molecule has 2 heterocycles. The first kappa shape index (κ1) is 19.4. The topological polar surface area (TPSA) is 116 Å². The van der Waals surface area contributed by atoms with E-state index in [-0.39, 0.29) is 21.7 Å². The van der Waals surface area contributed by atoms with Crippen molar-refractivity contribution < 1.29 is 9.72 Å². The number of benzene rings is 1. The fourth-order valence-electron chi connectivity index (χ4n) is 2.38. The summed E-state index contributed by atoms with van der Waals surface area (Å²) in [6.07, 6.45) is 3.14. The van der Waals surface area contributed by atoms with Crippen molar-refractivity contribution in [3.05, 3.63) is 69.1 Å². The van der Waals surface area contributed by atoms with Crippen LogP contribution >= 0.6 is 11.6 Å². The fraction of sp³-hybridized carbons (Fsp3) is 0.222. The number of anilines is 1. The van der Waals surface area contributed by atoms with Gasteiger partial charge in [-0.3, -0.25) is 14.9 Å². The zero-order valence-electron chi connectivity index (χ0n) is 15.4. The average Bonchev–Trinajstić information content (AvgIpc) is 3.06. The third kappa shape index (κ3) is 3.99. The summed E-state index contributed by atoms with van der Waals surface area (Å²) in [6, 6.07) is 7.06. The van der Waals surface area contributed by atoms with Crippen LogP contribution < -0.4 is 5.32 Å². The number of hydrogen-bond donors (Lipinski definition) is 1. The van der Waals surface area contributed by atoms with Gasteiger partial charge < -0.3 is 5.32 Å². The Bertz CT molecular complexity index is 1040. The summed E-state index contributed by atoms with van der Waals surface area (Å²) in [5, 5.41) is 18.1. The molecule has 0 saturated carbocycles. The zero-order valence-corrected chi connectivity index (χ0v) is 16.1. The molecule has 0 aliphatic carbocycles. The molecule has 144 valence electrons. The highest BCUT2D eigenvalue weighted by Gasteiger charge is 2.23. The van der Waals surface area contributed by atoms with Crippen LogP contribution in [0.4, 0.5) is 11.5 Å². The highest BCUT2D eigenvalue weighted by molar-refractivity contribution is 6.34. The Morgan fingerprint density at radius 3 is 2.46 bits per heavy atom. The molecule has 1 aromatic carbocycles. The number of nitrogens with one attached hydrogen (secondary N) is 1. The van der Waals surface area contributed by atoms with Gasteiger partial charge in [0.2, 0.25) is 0 Å². The first-order valence-electron chi connectivity index (χ1n) is 8.30. The van der Waals surface area contributed by atoms with Gasteiger partial charge in [-0.05, 0) is 12.1 Å². The van der Waals surface area contributed by atoms with E-state index in [9.17, 15) is 14.9 Å². The Morgan fingerprint density at radius 2 is 1.89 bits per heavy atom. The van der Waals surface area contributed by atoms with Crippen LogP contribution in [-0.4, -0.2) is 30.6 Å². The third-order valence-electron chi connectivity index (χ3n) is 3.87. The standard InChI is InChI=1S/C18H17ClN6O3/c1-18(2,3)14-10-15(24(23-14)17-20-7-4-8-21-17)22-16(26)12-6-5-11(25(27)28)9-13(12)19/h4-10H,1-3H3,(H,22,26). The molecule has 0 radical (unpaired) electrons. The minimum atomic E-state index is -0.578. The van der Waals surface area contributed by atoms with Crippen LogP contribution in [0, 0.1) is 10.1 Å². The lowest BCUT2D eigenvalue weighted by Gasteiger charge is -2.13. The Hall–Kier alpha value is -3.33. The predicted molar refractivity (Wildman–Crippen MR) is 104 cm³/mol.